The Labute approximate surface area is 216 Å². The summed E-state index contributed by atoms with van der Waals surface area (Å²) >= 11 is 24.4. The molecule has 3 N–H and O–H groups in total. The Balaban J connectivity index is 1.53. The van der Waals surface area contributed by atoms with Crippen LogP contribution in [0.2, 0.25) is 20.1 Å². The first-order valence-corrected chi connectivity index (χ1v) is 12.7. The first-order chi connectivity index (χ1) is 15.8. The van der Waals surface area contributed by atoms with Gasteiger partial charge in [-0.25, -0.2) is 4.79 Å². The lowest BCUT2D eigenvalue weighted by Crippen LogP contribution is -2.34. The van der Waals surface area contributed by atoms with E-state index in [-0.39, 0.29) is 11.9 Å². The van der Waals surface area contributed by atoms with E-state index in [0.29, 0.717) is 38.4 Å². The molecule has 0 aromatic heterocycles. The molecule has 2 amide bonds. The number of halogens is 4. The van der Waals surface area contributed by atoms with Crippen molar-refractivity contribution in [3.05, 3.63) is 62.1 Å². The van der Waals surface area contributed by atoms with Crippen LogP contribution in [0.3, 0.4) is 0 Å². The molecule has 5 nitrogen and oxygen atoms in total. The second kappa shape index (κ2) is 13.0. The number of carbonyl (C=O) groups is 1. The number of amides is 2. The summed E-state index contributed by atoms with van der Waals surface area (Å²) in [5, 5.41) is 11.2. The molecule has 9 heteroatoms. The topological polar surface area (TPSA) is 56.4 Å². The molecular weight excluding hydrogens is 502 g/mol. The second-order valence-corrected chi connectivity index (χ2v) is 10.2. The smallest absolute Gasteiger partial charge is 0.319 e. The Morgan fingerprint density at radius 2 is 1.82 bits per heavy atom. The van der Waals surface area contributed by atoms with Gasteiger partial charge < -0.3 is 20.9 Å². The van der Waals surface area contributed by atoms with Gasteiger partial charge in [-0.1, -0.05) is 52.5 Å². The Bertz CT molecular complexity index is 922. The second-order valence-electron chi connectivity index (χ2n) is 8.47. The summed E-state index contributed by atoms with van der Waals surface area (Å²) in [5.41, 5.74) is 1.57. The van der Waals surface area contributed by atoms with Crippen LogP contribution in [0.25, 0.3) is 0 Å². The fraction of sp³-hybridized carbons (Fsp3) is 0.458. The van der Waals surface area contributed by atoms with E-state index in [2.05, 4.69) is 27.9 Å². The maximum atomic E-state index is 12.5. The predicted molar refractivity (Wildman–Crippen MR) is 140 cm³/mol. The number of nitrogens with zero attached hydrogens (tertiary/aromatic N) is 1. The minimum absolute atomic E-state index is 0.0788. The highest BCUT2D eigenvalue weighted by molar-refractivity contribution is 6.42. The van der Waals surface area contributed by atoms with E-state index in [4.69, 9.17) is 46.4 Å². The van der Waals surface area contributed by atoms with Gasteiger partial charge in [-0.15, -0.1) is 0 Å². The number of benzene rings is 2. The van der Waals surface area contributed by atoms with Crippen molar-refractivity contribution in [2.45, 2.75) is 37.6 Å². The minimum Gasteiger partial charge on any atom is -0.337 e. The molecule has 1 aliphatic heterocycles. The summed E-state index contributed by atoms with van der Waals surface area (Å²) in [5.74, 6) is 0.0788. The fourth-order valence-corrected chi connectivity index (χ4v) is 5.02. The van der Waals surface area contributed by atoms with E-state index in [1.807, 2.05) is 12.1 Å². The molecule has 1 saturated heterocycles. The molecule has 0 radical (unpaired) electrons. The highest BCUT2D eigenvalue weighted by Crippen LogP contribution is 2.28. The van der Waals surface area contributed by atoms with Gasteiger partial charge in [0.05, 0.1) is 10.0 Å². The van der Waals surface area contributed by atoms with E-state index >= 15 is 0 Å². The Hall–Kier alpha value is -1.21. The number of likely N-dealkylation sites (tertiary alicyclic amines) is 1. The quantitative estimate of drug-likeness (QED) is 0.300. The summed E-state index contributed by atoms with van der Waals surface area (Å²) in [6, 6.07) is 10.9. The van der Waals surface area contributed by atoms with Crippen molar-refractivity contribution in [1.82, 2.24) is 15.5 Å². The van der Waals surface area contributed by atoms with Gasteiger partial charge in [0.1, 0.15) is 0 Å². The van der Waals surface area contributed by atoms with Crippen LogP contribution in [0.5, 0.6) is 0 Å². The molecule has 0 saturated carbocycles. The molecule has 2 atom stereocenters. The molecule has 3 rings (SSSR count). The van der Waals surface area contributed by atoms with Gasteiger partial charge in [-0.05, 0) is 88.3 Å². The van der Waals surface area contributed by atoms with Crippen molar-refractivity contribution < 1.29 is 4.79 Å². The van der Waals surface area contributed by atoms with Gasteiger partial charge in [0.15, 0.2) is 0 Å². The number of anilines is 1. The molecule has 1 heterocycles. The van der Waals surface area contributed by atoms with Crippen molar-refractivity contribution in [2.75, 3.05) is 38.5 Å². The van der Waals surface area contributed by atoms with Crippen LogP contribution in [0.1, 0.15) is 37.2 Å². The van der Waals surface area contributed by atoms with E-state index < -0.39 is 0 Å². The monoisotopic (exact) mass is 530 g/mol. The van der Waals surface area contributed by atoms with Gasteiger partial charge in [-0.3, -0.25) is 0 Å². The average Bonchev–Trinajstić information content (AvgIpc) is 3.16. The largest absolute Gasteiger partial charge is 0.337 e. The maximum Gasteiger partial charge on any atom is 0.319 e. The lowest BCUT2D eigenvalue weighted by molar-refractivity contribution is 0.251. The third-order valence-electron chi connectivity index (χ3n) is 6.04. The lowest BCUT2D eigenvalue weighted by Gasteiger charge is -2.21. The van der Waals surface area contributed by atoms with E-state index in [0.717, 1.165) is 31.5 Å². The maximum absolute atomic E-state index is 12.5. The van der Waals surface area contributed by atoms with Gasteiger partial charge >= 0.3 is 6.03 Å². The van der Waals surface area contributed by atoms with E-state index in [9.17, 15) is 4.79 Å². The van der Waals surface area contributed by atoms with Crippen LogP contribution in [0.4, 0.5) is 10.5 Å². The molecular formula is C24H30Cl4N4O. The van der Waals surface area contributed by atoms with Crippen molar-refractivity contribution >= 4 is 58.1 Å². The summed E-state index contributed by atoms with van der Waals surface area (Å²) in [7, 11) is 2.20. The molecule has 2 unspecified atom stereocenters. The lowest BCUT2D eigenvalue weighted by atomic mass is 9.95. The molecule has 2 aromatic rings. The number of urea groups is 1. The van der Waals surface area contributed by atoms with Crippen LogP contribution < -0.4 is 16.0 Å². The van der Waals surface area contributed by atoms with Crippen LogP contribution >= 0.6 is 46.4 Å². The number of nitrogens with one attached hydrogen (secondary N) is 3. The SMILES string of the molecule is CN1CCCC1CCNCCC(CNC(=O)Nc1cc(Cl)cc(Cl)c1)c1ccc(Cl)c(Cl)c1. The van der Waals surface area contributed by atoms with Crippen LogP contribution in [0, 0.1) is 0 Å². The number of rotatable bonds is 10. The normalized spacial score (nSPS) is 17.2. The van der Waals surface area contributed by atoms with Crippen molar-refractivity contribution in [2.24, 2.45) is 0 Å². The van der Waals surface area contributed by atoms with Gasteiger partial charge in [0.25, 0.3) is 0 Å². The molecule has 0 aliphatic carbocycles. The van der Waals surface area contributed by atoms with E-state index in [1.165, 1.54) is 19.4 Å². The standard InChI is InChI=1S/C24H30Cl4N4O/c1-32-10-2-3-21(32)7-9-29-8-6-17(16-4-5-22(27)23(28)11-16)15-30-24(33)31-20-13-18(25)12-19(26)14-20/h4-5,11-14,17,21,29H,2-3,6-10,15H2,1H3,(H2,30,31,33). The third-order valence-corrected chi connectivity index (χ3v) is 7.22. The number of hydrogen-bond acceptors (Lipinski definition) is 3. The summed E-state index contributed by atoms with van der Waals surface area (Å²) in [6.45, 7) is 3.46. The Morgan fingerprint density at radius 3 is 2.48 bits per heavy atom. The third kappa shape index (κ3) is 8.50. The van der Waals surface area contributed by atoms with Gasteiger partial charge in [0, 0.05) is 34.2 Å². The van der Waals surface area contributed by atoms with Crippen LogP contribution in [0.15, 0.2) is 36.4 Å². The van der Waals surface area contributed by atoms with Gasteiger partial charge in [0.2, 0.25) is 0 Å². The molecule has 1 aliphatic rings. The zero-order valence-electron chi connectivity index (χ0n) is 18.6. The highest BCUT2D eigenvalue weighted by Gasteiger charge is 2.20. The van der Waals surface area contributed by atoms with Crippen molar-refractivity contribution in [1.29, 1.82) is 0 Å². The zero-order chi connectivity index (χ0) is 23.8. The fourth-order valence-electron chi connectivity index (χ4n) is 4.18. The number of carbonyl (C=O) groups excluding carboxylic acids is 1. The Morgan fingerprint density at radius 1 is 1.06 bits per heavy atom. The number of hydrogen-bond donors (Lipinski definition) is 3. The summed E-state index contributed by atoms with van der Waals surface area (Å²) in [6.07, 6.45) is 4.56. The van der Waals surface area contributed by atoms with Crippen LogP contribution in [-0.2, 0) is 0 Å². The first-order valence-electron chi connectivity index (χ1n) is 11.2. The van der Waals surface area contributed by atoms with Gasteiger partial charge in [-0.2, -0.15) is 0 Å². The highest BCUT2D eigenvalue weighted by atomic mass is 35.5. The predicted octanol–water partition coefficient (Wildman–Crippen LogP) is 6.67. The summed E-state index contributed by atoms with van der Waals surface area (Å²) < 4.78 is 0. The molecule has 33 heavy (non-hydrogen) atoms. The van der Waals surface area contributed by atoms with Crippen molar-refractivity contribution in [3.8, 4) is 0 Å². The van der Waals surface area contributed by atoms with E-state index in [1.54, 1.807) is 24.3 Å². The molecule has 1 fully saturated rings. The molecule has 180 valence electrons. The summed E-state index contributed by atoms with van der Waals surface area (Å²) in [4.78, 5) is 14.9. The minimum atomic E-state index is -0.323. The molecule has 2 aromatic carbocycles. The molecule has 0 bridgehead atoms. The van der Waals surface area contributed by atoms with Crippen molar-refractivity contribution in [3.63, 3.8) is 0 Å². The zero-order valence-corrected chi connectivity index (χ0v) is 21.7. The molecule has 0 spiro atoms. The average molecular weight is 532 g/mol. The Kier molecular flexibility index (Phi) is 10.4. The van der Waals surface area contributed by atoms with Crippen LogP contribution in [-0.4, -0.2) is 50.2 Å². The first kappa shape index (κ1) is 26.4.